The van der Waals surface area contributed by atoms with Gasteiger partial charge in [-0.3, -0.25) is 0 Å². The van der Waals surface area contributed by atoms with Crippen LogP contribution in [0.4, 0.5) is 0 Å². The van der Waals surface area contributed by atoms with Gasteiger partial charge in [-0.05, 0) is 57.9 Å². The molecule has 0 aromatic heterocycles. The summed E-state index contributed by atoms with van der Waals surface area (Å²) in [6, 6.07) is 10.7. The summed E-state index contributed by atoms with van der Waals surface area (Å²) >= 11 is 6.40. The van der Waals surface area contributed by atoms with E-state index in [-0.39, 0.29) is 16.4 Å². The van der Waals surface area contributed by atoms with Crippen LogP contribution in [0.1, 0.15) is 5.56 Å². The van der Waals surface area contributed by atoms with Crippen molar-refractivity contribution in [3.8, 4) is 17.6 Å². The van der Waals surface area contributed by atoms with Gasteiger partial charge in [-0.1, -0.05) is 22.0 Å². The van der Waals surface area contributed by atoms with Crippen LogP contribution in [0.5, 0.6) is 11.5 Å². The Kier molecular flexibility index (Phi) is 5.70. The first-order valence-electron chi connectivity index (χ1n) is 6.48. The second-order valence-electron chi connectivity index (χ2n) is 4.63. The molecule has 2 aromatic carbocycles. The molecule has 124 valence electrons. The van der Waals surface area contributed by atoms with Crippen molar-refractivity contribution in [3.63, 3.8) is 0 Å². The van der Waals surface area contributed by atoms with Crippen LogP contribution in [0.15, 0.2) is 55.1 Å². The Labute approximate surface area is 156 Å². The van der Waals surface area contributed by atoms with Crippen molar-refractivity contribution in [1.29, 1.82) is 5.26 Å². The normalized spacial score (nSPS) is 11.8. The number of phenolic OH excluding ortho intramolecular Hbond substituents is 1. The molecular formula is C16H11Br2NO4S. The van der Waals surface area contributed by atoms with Gasteiger partial charge in [-0.15, -0.1) is 0 Å². The van der Waals surface area contributed by atoms with Gasteiger partial charge in [-0.2, -0.15) is 5.26 Å². The molecule has 0 saturated heterocycles. The quantitative estimate of drug-likeness (QED) is 0.671. The minimum Gasteiger partial charge on any atom is -0.504 e. The van der Waals surface area contributed by atoms with Gasteiger partial charge in [0.1, 0.15) is 11.0 Å². The van der Waals surface area contributed by atoms with Crippen molar-refractivity contribution in [3.05, 3.63) is 55.8 Å². The molecule has 0 aliphatic rings. The second kappa shape index (κ2) is 7.38. The lowest BCUT2D eigenvalue weighted by Crippen LogP contribution is -2.04. The van der Waals surface area contributed by atoms with Gasteiger partial charge in [0, 0.05) is 8.95 Å². The van der Waals surface area contributed by atoms with E-state index in [0.29, 0.717) is 14.5 Å². The van der Waals surface area contributed by atoms with Gasteiger partial charge in [0.15, 0.2) is 11.5 Å². The second-order valence-corrected chi connectivity index (χ2v) is 8.29. The van der Waals surface area contributed by atoms with Gasteiger partial charge in [0.2, 0.25) is 9.84 Å². The first kappa shape index (κ1) is 18.5. The molecule has 0 unspecified atom stereocenters. The highest BCUT2D eigenvalue weighted by molar-refractivity contribution is 9.11. The van der Waals surface area contributed by atoms with Gasteiger partial charge in [0.05, 0.1) is 12.0 Å². The smallest absolute Gasteiger partial charge is 0.217 e. The molecule has 0 saturated carbocycles. The van der Waals surface area contributed by atoms with E-state index >= 15 is 0 Å². The lowest BCUT2D eigenvalue weighted by molar-refractivity contribution is 0.373. The summed E-state index contributed by atoms with van der Waals surface area (Å²) in [5.74, 6) is 0.104. The largest absolute Gasteiger partial charge is 0.504 e. The summed E-state index contributed by atoms with van der Waals surface area (Å²) in [6.45, 7) is 0. The van der Waals surface area contributed by atoms with Crippen molar-refractivity contribution in [2.75, 3.05) is 7.11 Å². The predicted molar refractivity (Wildman–Crippen MR) is 97.3 cm³/mol. The molecule has 24 heavy (non-hydrogen) atoms. The number of nitriles is 1. The summed E-state index contributed by atoms with van der Waals surface area (Å²) in [6.07, 6.45) is 1.20. The molecule has 2 aromatic rings. The molecule has 0 heterocycles. The highest BCUT2D eigenvalue weighted by Gasteiger charge is 2.24. The van der Waals surface area contributed by atoms with Crippen LogP contribution < -0.4 is 4.74 Å². The summed E-state index contributed by atoms with van der Waals surface area (Å²) < 4.78 is 31.3. The average Bonchev–Trinajstić information content (AvgIpc) is 2.54. The number of nitrogens with zero attached hydrogens (tertiary/aromatic N) is 1. The van der Waals surface area contributed by atoms with Crippen molar-refractivity contribution in [2.24, 2.45) is 0 Å². The molecule has 0 bridgehead atoms. The molecule has 0 amide bonds. The van der Waals surface area contributed by atoms with Gasteiger partial charge in [0.25, 0.3) is 0 Å². The zero-order chi connectivity index (χ0) is 17.9. The van der Waals surface area contributed by atoms with Crippen LogP contribution in [0.25, 0.3) is 6.08 Å². The zero-order valence-electron chi connectivity index (χ0n) is 12.3. The number of aromatic hydroxyl groups is 1. The minimum atomic E-state index is -4.02. The van der Waals surface area contributed by atoms with Crippen LogP contribution >= 0.6 is 31.9 Å². The van der Waals surface area contributed by atoms with E-state index in [1.807, 2.05) is 0 Å². The summed E-state index contributed by atoms with van der Waals surface area (Å²) in [5.41, 5.74) is 0.361. The molecule has 0 aliphatic carbocycles. The fourth-order valence-electron chi connectivity index (χ4n) is 1.92. The lowest BCUT2D eigenvalue weighted by Gasteiger charge is -2.07. The van der Waals surface area contributed by atoms with E-state index in [1.165, 1.54) is 31.4 Å². The standard InChI is InChI=1S/C16H11Br2NO4S/c1-23-15-5-2-10(7-14(15)20)6-12(9-19)24(21,22)16-8-11(17)3-4-13(16)18/h2-8,20H,1H3. The number of ether oxygens (including phenoxy) is 1. The number of rotatable bonds is 4. The molecule has 2 rings (SSSR count). The summed E-state index contributed by atoms with van der Waals surface area (Å²) in [7, 11) is -2.62. The number of hydrogen-bond acceptors (Lipinski definition) is 5. The Morgan fingerprint density at radius 1 is 1.25 bits per heavy atom. The van der Waals surface area contributed by atoms with E-state index in [2.05, 4.69) is 31.9 Å². The average molecular weight is 473 g/mol. The third-order valence-corrected chi connectivity index (χ3v) is 6.24. The maximum Gasteiger partial charge on any atom is 0.217 e. The molecule has 1 N–H and O–H groups in total. The monoisotopic (exact) mass is 471 g/mol. The number of sulfone groups is 1. The van der Waals surface area contributed by atoms with Crippen molar-refractivity contribution < 1.29 is 18.3 Å². The van der Waals surface area contributed by atoms with Crippen LogP contribution in [0, 0.1) is 11.3 Å². The molecule has 0 spiro atoms. The molecule has 0 radical (unpaired) electrons. The third-order valence-electron chi connectivity index (χ3n) is 3.08. The fourth-order valence-corrected chi connectivity index (χ4v) is 4.57. The van der Waals surface area contributed by atoms with E-state index in [4.69, 9.17) is 4.74 Å². The van der Waals surface area contributed by atoms with Gasteiger partial charge < -0.3 is 9.84 Å². The van der Waals surface area contributed by atoms with Crippen LogP contribution in [0.3, 0.4) is 0 Å². The Morgan fingerprint density at radius 3 is 2.54 bits per heavy atom. The maximum atomic E-state index is 12.7. The zero-order valence-corrected chi connectivity index (χ0v) is 16.3. The minimum absolute atomic E-state index is 0.0255. The van der Waals surface area contributed by atoms with E-state index in [9.17, 15) is 18.8 Å². The van der Waals surface area contributed by atoms with Crippen molar-refractivity contribution in [1.82, 2.24) is 0 Å². The fraction of sp³-hybridized carbons (Fsp3) is 0.0625. The first-order chi connectivity index (χ1) is 11.3. The molecular weight excluding hydrogens is 462 g/mol. The van der Waals surface area contributed by atoms with Crippen LogP contribution in [-0.4, -0.2) is 20.6 Å². The van der Waals surface area contributed by atoms with Gasteiger partial charge >= 0.3 is 0 Å². The number of phenols is 1. The highest BCUT2D eigenvalue weighted by atomic mass is 79.9. The molecule has 5 nitrogen and oxygen atoms in total. The summed E-state index contributed by atoms with van der Waals surface area (Å²) in [4.78, 5) is -0.465. The number of halogens is 2. The Bertz CT molecular complexity index is 963. The van der Waals surface area contributed by atoms with Gasteiger partial charge in [-0.25, -0.2) is 8.42 Å². The number of allylic oxidation sites excluding steroid dienone is 1. The summed E-state index contributed by atoms with van der Waals surface area (Å²) in [5, 5.41) is 19.1. The maximum absolute atomic E-state index is 12.7. The molecule has 0 aliphatic heterocycles. The first-order valence-corrected chi connectivity index (χ1v) is 9.55. The highest BCUT2D eigenvalue weighted by Crippen LogP contribution is 2.32. The Morgan fingerprint density at radius 2 is 1.96 bits per heavy atom. The van der Waals surface area contributed by atoms with Crippen LogP contribution in [-0.2, 0) is 9.84 Å². The topological polar surface area (TPSA) is 87.4 Å². The molecule has 8 heteroatoms. The predicted octanol–water partition coefficient (Wildman–Crippen LogP) is 4.26. The van der Waals surface area contributed by atoms with Crippen molar-refractivity contribution in [2.45, 2.75) is 4.90 Å². The Balaban J connectivity index is 2.56. The molecule has 0 fully saturated rings. The SMILES string of the molecule is COc1ccc(C=C(C#N)S(=O)(=O)c2cc(Br)ccc2Br)cc1O. The number of methoxy groups -OCH3 is 1. The number of hydrogen-bond donors (Lipinski definition) is 1. The van der Waals surface area contributed by atoms with Crippen LogP contribution in [0.2, 0.25) is 0 Å². The third kappa shape index (κ3) is 3.80. The number of benzene rings is 2. The molecule has 0 atom stereocenters. The lowest BCUT2D eigenvalue weighted by atomic mass is 10.2. The van der Waals surface area contributed by atoms with E-state index < -0.39 is 14.7 Å². The van der Waals surface area contributed by atoms with E-state index in [1.54, 1.807) is 24.3 Å². The Hall–Kier alpha value is -1.82. The van der Waals surface area contributed by atoms with E-state index in [0.717, 1.165) is 0 Å². The van der Waals surface area contributed by atoms with Crippen molar-refractivity contribution >= 4 is 47.8 Å².